The summed E-state index contributed by atoms with van der Waals surface area (Å²) in [5, 5.41) is 9.98. The minimum absolute atomic E-state index is 0.00620. The van der Waals surface area contributed by atoms with Crippen molar-refractivity contribution in [2.75, 3.05) is 23.9 Å². The van der Waals surface area contributed by atoms with E-state index in [1.807, 2.05) is 0 Å². The summed E-state index contributed by atoms with van der Waals surface area (Å²) in [7, 11) is -3.00. The molecule has 0 saturated carbocycles. The number of carbonyl (C=O) groups is 1. The molecule has 0 bridgehead atoms. The number of amides is 1. The Kier molecular flexibility index (Phi) is 3.78. The lowest BCUT2D eigenvalue weighted by Crippen LogP contribution is -2.17. The minimum Gasteiger partial charge on any atom is -0.368 e. The molecule has 0 aliphatic carbocycles. The van der Waals surface area contributed by atoms with Crippen LogP contribution in [0.5, 0.6) is 0 Å². The van der Waals surface area contributed by atoms with E-state index in [2.05, 4.69) is 15.5 Å². The van der Waals surface area contributed by atoms with Gasteiger partial charge in [0.05, 0.1) is 5.75 Å². The summed E-state index contributed by atoms with van der Waals surface area (Å²) in [5.74, 6) is -0.254. The molecule has 16 heavy (non-hydrogen) atoms. The van der Waals surface area contributed by atoms with Crippen LogP contribution in [-0.4, -0.2) is 43.1 Å². The number of primary amides is 1. The molecule has 0 spiro atoms. The average molecular weight is 244 g/mol. The van der Waals surface area contributed by atoms with Gasteiger partial charge in [0.25, 0.3) is 5.91 Å². The van der Waals surface area contributed by atoms with E-state index in [1.165, 1.54) is 12.1 Å². The molecular formula is C8H12N4O3S. The largest absolute Gasteiger partial charge is 0.368 e. The van der Waals surface area contributed by atoms with Gasteiger partial charge in [0, 0.05) is 12.8 Å². The van der Waals surface area contributed by atoms with Crippen LogP contribution >= 0.6 is 0 Å². The van der Waals surface area contributed by atoms with E-state index < -0.39 is 15.7 Å². The maximum Gasteiger partial charge on any atom is 0.269 e. The highest BCUT2D eigenvalue weighted by Gasteiger charge is 2.04. The Morgan fingerprint density at radius 3 is 2.56 bits per heavy atom. The smallest absolute Gasteiger partial charge is 0.269 e. The molecule has 0 atom stereocenters. The van der Waals surface area contributed by atoms with E-state index >= 15 is 0 Å². The Bertz CT molecular complexity index is 469. The molecule has 7 nitrogen and oxygen atoms in total. The van der Waals surface area contributed by atoms with E-state index in [-0.39, 0.29) is 18.0 Å². The monoisotopic (exact) mass is 244 g/mol. The standard InChI is InChI=1S/C8H12N4O3S/c1-16(14,15)5-4-10-7-3-2-6(8(9)13)11-12-7/h2-3H,4-5H2,1H3,(H2,9,13)(H,10,12). The predicted octanol–water partition coefficient (Wildman–Crippen LogP) is -0.968. The zero-order valence-corrected chi connectivity index (χ0v) is 9.49. The number of rotatable bonds is 5. The second-order valence-corrected chi connectivity index (χ2v) is 5.48. The van der Waals surface area contributed by atoms with Gasteiger partial charge in [-0.1, -0.05) is 0 Å². The van der Waals surface area contributed by atoms with Crippen molar-refractivity contribution in [3.05, 3.63) is 17.8 Å². The van der Waals surface area contributed by atoms with Gasteiger partial charge in [0.15, 0.2) is 5.69 Å². The Morgan fingerprint density at radius 2 is 2.12 bits per heavy atom. The molecule has 0 aliphatic rings. The summed E-state index contributed by atoms with van der Waals surface area (Å²) in [4.78, 5) is 10.7. The maximum absolute atomic E-state index is 10.8. The van der Waals surface area contributed by atoms with Crippen LogP contribution in [0.1, 0.15) is 10.5 Å². The van der Waals surface area contributed by atoms with Gasteiger partial charge in [-0.2, -0.15) is 0 Å². The van der Waals surface area contributed by atoms with Crippen molar-refractivity contribution in [2.45, 2.75) is 0 Å². The maximum atomic E-state index is 10.8. The number of nitrogens with zero attached hydrogens (tertiary/aromatic N) is 2. The van der Waals surface area contributed by atoms with Crippen molar-refractivity contribution in [3.8, 4) is 0 Å². The number of carbonyl (C=O) groups excluding carboxylic acids is 1. The van der Waals surface area contributed by atoms with Gasteiger partial charge in [-0.25, -0.2) is 8.42 Å². The number of hydrogen-bond acceptors (Lipinski definition) is 6. The molecule has 0 aliphatic heterocycles. The summed E-state index contributed by atoms with van der Waals surface area (Å²) >= 11 is 0. The SMILES string of the molecule is CS(=O)(=O)CCNc1ccc(C(N)=O)nn1. The molecule has 0 aromatic carbocycles. The van der Waals surface area contributed by atoms with Crippen molar-refractivity contribution in [1.29, 1.82) is 0 Å². The van der Waals surface area contributed by atoms with Gasteiger partial charge >= 0.3 is 0 Å². The van der Waals surface area contributed by atoms with Crippen molar-refractivity contribution in [1.82, 2.24) is 10.2 Å². The molecule has 1 heterocycles. The Morgan fingerprint density at radius 1 is 1.44 bits per heavy atom. The van der Waals surface area contributed by atoms with E-state index in [4.69, 9.17) is 5.73 Å². The first-order valence-corrected chi connectivity index (χ1v) is 6.50. The minimum atomic E-state index is -3.00. The average Bonchev–Trinajstić information content (AvgIpc) is 2.16. The topological polar surface area (TPSA) is 115 Å². The molecule has 0 fully saturated rings. The van der Waals surface area contributed by atoms with Gasteiger partial charge in [-0.15, -0.1) is 10.2 Å². The van der Waals surface area contributed by atoms with Crippen LogP contribution < -0.4 is 11.1 Å². The van der Waals surface area contributed by atoms with Crippen molar-refractivity contribution < 1.29 is 13.2 Å². The summed E-state index contributed by atoms with van der Waals surface area (Å²) < 4.78 is 21.7. The van der Waals surface area contributed by atoms with Gasteiger partial charge in [-0.3, -0.25) is 4.79 Å². The van der Waals surface area contributed by atoms with Gasteiger partial charge in [0.1, 0.15) is 15.7 Å². The van der Waals surface area contributed by atoms with Crippen LogP contribution in [0.4, 0.5) is 5.82 Å². The lowest BCUT2D eigenvalue weighted by atomic mass is 10.4. The zero-order valence-electron chi connectivity index (χ0n) is 8.67. The Hall–Kier alpha value is -1.70. The Labute approximate surface area is 93.0 Å². The molecular weight excluding hydrogens is 232 g/mol. The first kappa shape index (κ1) is 12.4. The van der Waals surface area contributed by atoms with E-state index in [0.717, 1.165) is 6.26 Å². The summed E-state index contributed by atoms with van der Waals surface area (Å²) in [6, 6.07) is 2.92. The highest BCUT2D eigenvalue weighted by Crippen LogP contribution is 2.01. The number of aromatic nitrogens is 2. The van der Waals surface area contributed by atoms with Crippen LogP contribution in [0.25, 0.3) is 0 Å². The molecule has 1 rings (SSSR count). The molecule has 8 heteroatoms. The first-order valence-electron chi connectivity index (χ1n) is 4.43. The highest BCUT2D eigenvalue weighted by atomic mass is 32.2. The van der Waals surface area contributed by atoms with Crippen molar-refractivity contribution in [2.24, 2.45) is 5.73 Å². The lowest BCUT2D eigenvalue weighted by Gasteiger charge is -2.03. The third-order valence-corrected chi connectivity index (χ3v) is 2.64. The summed E-state index contributed by atoms with van der Waals surface area (Å²) in [6.07, 6.45) is 1.15. The molecule has 0 unspecified atom stereocenters. The van der Waals surface area contributed by atoms with E-state index in [9.17, 15) is 13.2 Å². The fourth-order valence-corrected chi connectivity index (χ4v) is 1.40. The predicted molar refractivity (Wildman–Crippen MR) is 58.8 cm³/mol. The fourth-order valence-electron chi connectivity index (χ4n) is 0.922. The third-order valence-electron chi connectivity index (χ3n) is 1.70. The number of anilines is 1. The fraction of sp³-hybridized carbons (Fsp3) is 0.375. The molecule has 88 valence electrons. The molecule has 1 aromatic rings. The van der Waals surface area contributed by atoms with Crippen LogP contribution in [0.2, 0.25) is 0 Å². The molecule has 1 aromatic heterocycles. The normalized spacial score (nSPS) is 11.1. The zero-order chi connectivity index (χ0) is 12.2. The van der Waals surface area contributed by atoms with E-state index in [1.54, 1.807) is 0 Å². The lowest BCUT2D eigenvalue weighted by molar-refractivity contribution is 0.0994. The highest BCUT2D eigenvalue weighted by molar-refractivity contribution is 7.90. The number of nitrogens with one attached hydrogen (secondary N) is 1. The number of sulfone groups is 1. The van der Waals surface area contributed by atoms with Crippen molar-refractivity contribution >= 4 is 21.6 Å². The third kappa shape index (κ3) is 4.22. The van der Waals surface area contributed by atoms with Gasteiger partial charge in [-0.05, 0) is 12.1 Å². The van der Waals surface area contributed by atoms with Gasteiger partial charge < -0.3 is 11.1 Å². The molecule has 0 saturated heterocycles. The van der Waals surface area contributed by atoms with Gasteiger partial charge in [0.2, 0.25) is 0 Å². The molecule has 0 radical (unpaired) electrons. The van der Waals surface area contributed by atoms with Crippen LogP contribution in [-0.2, 0) is 9.84 Å². The number of hydrogen-bond donors (Lipinski definition) is 2. The molecule has 1 amide bonds. The van der Waals surface area contributed by atoms with Crippen LogP contribution in [0, 0.1) is 0 Å². The van der Waals surface area contributed by atoms with E-state index in [0.29, 0.717) is 5.82 Å². The van der Waals surface area contributed by atoms with Crippen LogP contribution in [0.3, 0.4) is 0 Å². The molecule has 3 N–H and O–H groups in total. The van der Waals surface area contributed by atoms with Crippen molar-refractivity contribution in [3.63, 3.8) is 0 Å². The Balaban J connectivity index is 2.53. The summed E-state index contributed by atoms with van der Waals surface area (Å²) in [6.45, 7) is 0.240. The van der Waals surface area contributed by atoms with Crippen LogP contribution in [0.15, 0.2) is 12.1 Å². The summed E-state index contributed by atoms with van der Waals surface area (Å²) in [5.41, 5.74) is 5.04. The number of nitrogens with two attached hydrogens (primary N) is 1. The second-order valence-electron chi connectivity index (χ2n) is 3.22. The second kappa shape index (κ2) is 4.88. The quantitative estimate of drug-likeness (QED) is 0.688. The first-order chi connectivity index (χ1) is 7.38.